The molecule has 0 bridgehead atoms. The molecule has 0 aromatic carbocycles. The van der Waals surface area contributed by atoms with E-state index in [2.05, 4.69) is 32.5 Å². The fourth-order valence-corrected chi connectivity index (χ4v) is 3.10. The van der Waals surface area contributed by atoms with Crippen molar-refractivity contribution in [3.8, 4) is 0 Å². The number of guanidine groups is 1. The summed E-state index contributed by atoms with van der Waals surface area (Å²) in [5.74, 6) is 1.12. The molecule has 8 nitrogen and oxygen atoms in total. The second-order valence-corrected chi connectivity index (χ2v) is 7.12. The number of nitrogens with one attached hydrogen (secondary N) is 2. The van der Waals surface area contributed by atoms with Gasteiger partial charge in [-0.2, -0.15) is 5.10 Å². The summed E-state index contributed by atoms with van der Waals surface area (Å²) in [5, 5.41) is 10.7. The molecule has 2 heterocycles. The average Bonchev–Trinajstić information content (AvgIpc) is 3.34. The summed E-state index contributed by atoms with van der Waals surface area (Å²) in [6.07, 6.45) is 6.18. The van der Waals surface area contributed by atoms with E-state index in [0.29, 0.717) is 19.1 Å². The van der Waals surface area contributed by atoms with Gasteiger partial charge in [-0.05, 0) is 32.3 Å². The highest BCUT2D eigenvalue weighted by Gasteiger charge is 2.25. The Morgan fingerprint density at radius 3 is 2.63 bits per heavy atom. The van der Waals surface area contributed by atoms with Gasteiger partial charge in [0, 0.05) is 45.0 Å². The lowest BCUT2D eigenvalue weighted by molar-refractivity contribution is -0.122. The van der Waals surface area contributed by atoms with E-state index in [4.69, 9.17) is 4.99 Å². The molecular weight excluding hydrogens is 457 g/mol. The Kier molecular flexibility index (Phi) is 8.81. The Morgan fingerprint density at radius 1 is 1.30 bits per heavy atom. The summed E-state index contributed by atoms with van der Waals surface area (Å²) in [6, 6.07) is 0.440. The Labute approximate surface area is 178 Å². The van der Waals surface area contributed by atoms with Crippen LogP contribution in [0.2, 0.25) is 0 Å². The summed E-state index contributed by atoms with van der Waals surface area (Å²) >= 11 is 0. The van der Waals surface area contributed by atoms with Crippen molar-refractivity contribution >= 4 is 35.8 Å². The smallest absolute Gasteiger partial charge is 0.234 e. The third-order valence-corrected chi connectivity index (χ3v) is 4.67. The first-order chi connectivity index (χ1) is 12.6. The van der Waals surface area contributed by atoms with Crippen molar-refractivity contribution in [1.29, 1.82) is 0 Å². The number of amides is 1. The number of carbonyl (C=O) groups is 1. The van der Waals surface area contributed by atoms with Crippen LogP contribution in [0.3, 0.4) is 0 Å². The van der Waals surface area contributed by atoms with Crippen molar-refractivity contribution in [3.05, 3.63) is 18.0 Å². The third kappa shape index (κ3) is 7.28. The van der Waals surface area contributed by atoms with Gasteiger partial charge in [0.15, 0.2) is 5.96 Å². The van der Waals surface area contributed by atoms with Gasteiger partial charge in [-0.25, -0.2) is 0 Å². The lowest BCUT2D eigenvalue weighted by atomic mass is 10.3. The molecule has 0 atom stereocenters. The van der Waals surface area contributed by atoms with Gasteiger partial charge in [-0.15, -0.1) is 24.0 Å². The molecule has 2 fully saturated rings. The monoisotopic (exact) mass is 489 g/mol. The SMILES string of the molecule is CCNC(=NCCn1cc(C)cn1)N1CCN(CC(=O)NC2CC2)CC1.I. The Bertz CT molecular complexity index is 621. The maximum Gasteiger partial charge on any atom is 0.234 e. The molecule has 0 unspecified atom stereocenters. The predicted octanol–water partition coefficient (Wildman–Crippen LogP) is 0.671. The Hall–Kier alpha value is -1.36. The zero-order valence-electron chi connectivity index (χ0n) is 16.4. The zero-order valence-corrected chi connectivity index (χ0v) is 18.7. The van der Waals surface area contributed by atoms with Gasteiger partial charge in [0.25, 0.3) is 0 Å². The predicted molar refractivity (Wildman–Crippen MR) is 118 cm³/mol. The maximum absolute atomic E-state index is 11.9. The third-order valence-electron chi connectivity index (χ3n) is 4.67. The fraction of sp³-hybridized carbons (Fsp3) is 0.722. The highest BCUT2D eigenvalue weighted by molar-refractivity contribution is 14.0. The first-order valence-electron chi connectivity index (χ1n) is 9.68. The van der Waals surface area contributed by atoms with Gasteiger partial charge < -0.3 is 15.5 Å². The van der Waals surface area contributed by atoms with Crippen molar-refractivity contribution in [2.24, 2.45) is 4.99 Å². The first-order valence-corrected chi connectivity index (χ1v) is 9.68. The minimum absolute atomic E-state index is 0. The van der Waals surface area contributed by atoms with Crippen LogP contribution in [-0.2, 0) is 11.3 Å². The Balaban J connectivity index is 0.00000261. The minimum Gasteiger partial charge on any atom is -0.357 e. The molecule has 1 aromatic rings. The molecular formula is C18H32IN7O. The van der Waals surface area contributed by atoms with Crippen LogP contribution in [0.4, 0.5) is 0 Å². The van der Waals surface area contributed by atoms with Gasteiger partial charge >= 0.3 is 0 Å². The average molecular weight is 489 g/mol. The van der Waals surface area contributed by atoms with Crippen LogP contribution in [0.15, 0.2) is 17.4 Å². The lowest BCUT2D eigenvalue weighted by Gasteiger charge is -2.36. The highest BCUT2D eigenvalue weighted by atomic mass is 127. The van der Waals surface area contributed by atoms with Crippen LogP contribution >= 0.6 is 24.0 Å². The number of piperazine rings is 1. The molecule has 1 amide bonds. The topological polar surface area (TPSA) is 77.8 Å². The molecule has 0 radical (unpaired) electrons. The lowest BCUT2D eigenvalue weighted by Crippen LogP contribution is -2.54. The molecule has 1 aromatic heterocycles. The van der Waals surface area contributed by atoms with E-state index in [9.17, 15) is 4.79 Å². The molecule has 9 heteroatoms. The number of carbonyl (C=O) groups excluding carboxylic acids is 1. The number of nitrogens with zero attached hydrogens (tertiary/aromatic N) is 5. The number of aryl methyl sites for hydroxylation is 1. The molecule has 0 spiro atoms. The normalized spacial score (nSPS) is 18.1. The van der Waals surface area contributed by atoms with Crippen LogP contribution in [0.5, 0.6) is 0 Å². The quantitative estimate of drug-likeness (QED) is 0.335. The van der Waals surface area contributed by atoms with Crippen molar-refractivity contribution in [1.82, 2.24) is 30.2 Å². The Morgan fingerprint density at radius 2 is 2.04 bits per heavy atom. The molecule has 1 aliphatic carbocycles. The summed E-state index contributed by atoms with van der Waals surface area (Å²) < 4.78 is 1.93. The van der Waals surface area contributed by atoms with Crippen LogP contribution in [0, 0.1) is 6.92 Å². The van der Waals surface area contributed by atoms with E-state index in [1.54, 1.807) is 0 Å². The summed E-state index contributed by atoms with van der Waals surface area (Å²) in [5.41, 5.74) is 1.17. The van der Waals surface area contributed by atoms with Crippen LogP contribution < -0.4 is 10.6 Å². The molecule has 1 aliphatic heterocycles. The van der Waals surface area contributed by atoms with E-state index in [0.717, 1.165) is 58.1 Å². The van der Waals surface area contributed by atoms with E-state index < -0.39 is 0 Å². The van der Waals surface area contributed by atoms with Gasteiger partial charge in [0.2, 0.25) is 5.91 Å². The number of hydrogen-bond acceptors (Lipinski definition) is 4. The second kappa shape index (κ2) is 10.8. The molecule has 27 heavy (non-hydrogen) atoms. The number of rotatable bonds is 7. The van der Waals surface area contributed by atoms with Crippen LogP contribution in [0.1, 0.15) is 25.3 Å². The maximum atomic E-state index is 11.9. The zero-order chi connectivity index (χ0) is 18.4. The van der Waals surface area contributed by atoms with Crippen molar-refractivity contribution in [3.63, 3.8) is 0 Å². The fourth-order valence-electron chi connectivity index (χ4n) is 3.10. The van der Waals surface area contributed by atoms with Gasteiger partial charge in [0.05, 0.1) is 25.8 Å². The number of aromatic nitrogens is 2. The number of halogens is 1. The molecule has 2 N–H and O–H groups in total. The standard InChI is InChI=1S/C18H31N7O.HI/c1-3-19-18(20-6-7-25-13-15(2)12-21-25)24-10-8-23(9-11-24)14-17(26)22-16-4-5-16;/h12-13,16H,3-11,14H2,1-2H3,(H,19,20)(H,22,26);1H. The highest BCUT2D eigenvalue weighted by Crippen LogP contribution is 2.18. The molecule has 1 saturated carbocycles. The molecule has 152 valence electrons. The summed E-state index contributed by atoms with van der Waals surface area (Å²) in [7, 11) is 0. The summed E-state index contributed by atoms with van der Waals surface area (Å²) in [6.45, 7) is 10.5. The van der Waals surface area contributed by atoms with Gasteiger partial charge in [-0.3, -0.25) is 19.4 Å². The molecule has 1 saturated heterocycles. The van der Waals surface area contributed by atoms with E-state index >= 15 is 0 Å². The largest absolute Gasteiger partial charge is 0.357 e. The molecule has 2 aliphatic rings. The van der Waals surface area contributed by atoms with E-state index in [1.807, 2.05) is 24.0 Å². The van der Waals surface area contributed by atoms with Gasteiger partial charge in [0.1, 0.15) is 0 Å². The number of aliphatic imine (C=N–C) groups is 1. The van der Waals surface area contributed by atoms with Crippen molar-refractivity contribution in [2.75, 3.05) is 45.8 Å². The summed E-state index contributed by atoms with van der Waals surface area (Å²) in [4.78, 5) is 21.2. The molecule has 3 rings (SSSR count). The van der Waals surface area contributed by atoms with E-state index in [1.165, 1.54) is 5.56 Å². The van der Waals surface area contributed by atoms with Gasteiger partial charge in [-0.1, -0.05) is 0 Å². The first kappa shape index (κ1) is 21.9. The van der Waals surface area contributed by atoms with Crippen LogP contribution in [0.25, 0.3) is 0 Å². The minimum atomic E-state index is 0. The van der Waals surface area contributed by atoms with Crippen molar-refractivity contribution < 1.29 is 4.79 Å². The second-order valence-electron chi connectivity index (χ2n) is 7.12. The number of hydrogen-bond donors (Lipinski definition) is 2. The van der Waals surface area contributed by atoms with Crippen LogP contribution in [-0.4, -0.2) is 83.3 Å². The van der Waals surface area contributed by atoms with Crippen molar-refractivity contribution in [2.45, 2.75) is 39.3 Å². The van der Waals surface area contributed by atoms with E-state index in [-0.39, 0.29) is 29.9 Å².